The van der Waals surface area contributed by atoms with Crippen LogP contribution in [0.2, 0.25) is 5.02 Å². The zero-order valence-corrected chi connectivity index (χ0v) is 12.1. The molecule has 19 heavy (non-hydrogen) atoms. The lowest BCUT2D eigenvalue weighted by Crippen LogP contribution is -2.14. The largest absolute Gasteiger partial charge is 0.317 e. The molecule has 0 unspecified atom stereocenters. The lowest BCUT2D eigenvalue weighted by molar-refractivity contribution is 0.101. The van der Waals surface area contributed by atoms with Crippen LogP contribution < -0.4 is 5.32 Å². The minimum Gasteiger partial charge on any atom is -0.317 e. The van der Waals surface area contributed by atoms with E-state index in [-0.39, 0.29) is 16.5 Å². The number of rotatable bonds is 3. The molecule has 0 saturated carbocycles. The molecule has 0 radical (unpaired) electrons. The number of nitrogens with one attached hydrogen (secondary N) is 2. The standard InChI is InChI=1S/C11H9BrClFN4O/c1-2-8-15-10(18-17-8)11(19)16-9-6(12)3-5(14)4-7(9)13/h3-4H,2H2,1H3,(H,16,19)(H,15,17,18). The van der Waals surface area contributed by atoms with Gasteiger partial charge in [0.1, 0.15) is 11.6 Å². The summed E-state index contributed by atoms with van der Waals surface area (Å²) in [5.41, 5.74) is 0.274. The fourth-order valence-electron chi connectivity index (χ4n) is 1.39. The molecule has 1 amide bonds. The monoisotopic (exact) mass is 346 g/mol. The van der Waals surface area contributed by atoms with Gasteiger partial charge in [-0.3, -0.25) is 9.89 Å². The summed E-state index contributed by atoms with van der Waals surface area (Å²) >= 11 is 9.00. The van der Waals surface area contributed by atoms with E-state index in [1.165, 1.54) is 6.07 Å². The second-order valence-electron chi connectivity index (χ2n) is 3.66. The van der Waals surface area contributed by atoms with Crippen molar-refractivity contribution in [3.05, 3.63) is 39.1 Å². The SMILES string of the molecule is CCc1nc(C(=O)Nc2c(Cl)cc(F)cc2Br)n[nH]1. The number of aryl methyl sites for hydroxylation is 1. The number of halogens is 3. The van der Waals surface area contributed by atoms with Crippen LogP contribution in [0.15, 0.2) is 16.6 Å². The Morgan fingerprint density at radius 2 is 2.32 bits per heavy atom. The Bertz CT molecular complexity index is 608. The molecule has 1 aromatic carbocycles. The van der Waals surface area contributed by atoms with Crippen LogP contribution in [0, 0.1) is 5.82 Å². The highest BCUT2D eigenvalue weighted by molar-refractivity contribution is 9.10. The van der Waals surface area contributed by atoms with Gasteiger partial charge in [-0.1, -0.05) is 18.5 Å². The van der Waals surface area contributed by atoms with Gasteiger partial charge in [-0.2, -0.15) is 0 Å². The van der Waals surface area contributed by atoms with Crippen molar-refractivity contribution in [2.75, 3.05) is 5.32 Å². The van der Waals surface area contributed by atoms with Crippen LogP contribution in [-0.4, -0.2) is 21.1 Å². The molecule has 2 N–H and O–H groups in total. The summed E-state index contributed by atoms with van der Waals surface area (Å²) in [6, 6.07) is 2.31. The molecule has 0 aliphatic heterocycles. The van der Waals surface area contributed by atoms with E-state index in [9.17, 15) is 9.18 Å². The van der Waals surface area contributed by atoms with Crippen molar-refractivity contribution in [1.82, 2.24) is 15.2 Å². The molecule has 2 aromatic rings. The maximum absolute atomic E-state index is 13.1. The molecule has 1 aromatic heterocycles. The Balaban J connectivity index is 2.24. The van der Waals surface area contributed by atoms with E-state index < -0.39 is 11.7 Å². The highest BCUT2D eigenvalue weighted by atomic mass is 79.9. The maximum Gasteiger partial charge on any atom is 0.295 e. The Kier molecular flexibility index (Phi) is 4.16. The predicted octanol–water partition coefficient (Wildman–Crippen LogP) is 3.17. The molecule has 0 aliphatic carbocycles. The first kappa shape index (κ1) is 14.0. The molecular weight excluding hydrogens is 339 g/mol. The summed E-state index contributed by atoms with van der Waals surface area (Å²) in [6.45, 7) is 1.88. The second kappa shape index (κ2) is 5.66. The van der Waals surface area contributed by atoms with Gasteiger partial charge in [0, 0.05) is 10.9 Å². The fraction of sp³-hybridized carbons (Fsp3) is 0.182. The Hall–Kier alpha value is -1.47. The first-order valence-electron chi connectivity index (χ1n) is 5.38. The number of carbonyl (C=O) groups excluding carboxylic acids is 1. The van der Waals surface area contributed by atoms with Crippen molar-refractivity contribution in [1.29, 1.82) is 0 Å². The summed E-state index contributed by atoms with van der Waals surface area (Å²) in [5.74, 6) is -0.412. The van der Waals surface area contributed by atoms with Crippen molar-refractivity contribution in [3.8, 4) is 0 Å². The van der Waals surface area contributed by atoms with Gasteiger partial charge in [-0.15, -0.1) is 5.10 Å². The van der Waals surface area contributed by atoms with Gasteiger partial charge in [0.2, 0.25) is 5.82 Å². The summed E-state index contributed by atoms with van der Waals surface area (Å²) in [4.78, 5) is 15.9. The lowest BCUT2D eigenvalue weighted by Gasteiger charge is -2.07. The van der Waals surface area contributed by atoms with Crippen LogP contribution in [-0.2, 0) is 6.42 Å². The van der Waals surface area contributed by atoms with E-state index in [1.807, 2.05) is 6.92 Å². The van der Waals surface area contributed by atoms with Crippen LogP contribution in [0.5, 0.6) is 0 Å². The molecular formula is C11H9BrClFN4O. The fourth-order valence-corrected chi connectivity index (χ4v) is 2.28. The van der Waals surface area contributed by atoms with E-state index >= 15 is 0 Å². The zero-order chi connectivity index (χ0) is 14.0. The molecule has 1 heterocycles. The molecule has 0 spiro atoms. The van der Waals surface area contributed by atoms with E-state index in [0.717, 1.165) is 6.07 Å². The lowest BCUT2D eigenvalue weighted by atomic mass is 10.3. The van der Waals surface area contributed by atoms with Crippen molar-refractivity contribution in [2.24, 2.45) is 0 Å². The van der Waals surface area contributed by atoms with E-state index in [0.29, 0.717) is 16.7 Å². The third-order valence-corrected chi connectivity index (χ3v) is 3.24. The normalized spacial score (nSPS) is 10.5. The van der Waals surface area contributed by atoms with Crippen LogP contribution in [0.4, 0.5) is 10.1 Å². The number of amides is 1. The quantitative estimate of drug-likeness (QED) is 0.896. The smallest absolute Gasteiger partial charge is 0.295 e. The van der Waals surface area contributed by atoms with Crippen molar-refractivity contribution in [3.63, 3.8) is 0 Å². The number of hydrogen-bond donors (Lipinski definition) is 2. The number of benzene rings is 1. The third-order valence-electron chi connectivity index (χ3n) is 2.32. The zero-order valence-electron chi connectivity index (χ0n) is 9.80. The maximum atomic E-state index is 13.1. The van der Waals surface area contributed by atoms with E-state index in [4.69, 9.17) is 11.6 Å². The number of aromatic amines is 1. The van der Waals surface area contributed by atoms with Gasteiger partial charge in [0.15, 0.2) is 0 Å². The Labute approximate surface area is 121 Å². The van der Waals surface area contributed by atoms with Crippen LogP contribution in [0.3, 0.4) is 0 Å². The molecule has 0 bridgehead atoms. The van der Waals surface area contributed by atoms with Gasteiger partial charge >= 0.3 is 0 Å². The molecule has 100 valence electrons. The second-order valence-corrected chi connectivity index (χ2v) is 4.92. The summed E-state index contributed by atoms with van der Waals surface area (Å²) in [7, 11) is 0. The number of hydrogen-bond acceptors (Lipinski definition) is 3. The predicted molar refractivity (Wildman–Crippen MR) is 72.8 cm³/mol. The number of carbonyl (C=O) groups is 1. The number of aromatic nitrogens is 3. The topological polar surface area (TPSA) is 70.7 Å². The molecule has 0 aliphatic rings. The van der Waals surface area contributed by atoms with Gasteiger partial charge in [0.05, 0.1) is 10.7 Å². The van der Waals surface area contributed by atoms with Crippen molar-refractivity contribution in [2.45, 2.75) is 13.3 Å². The summed E-state index contributed by atoms with van der Waals surface area (Å²) in [6.07, 6.45) is 0.640. The number of H-pyrrole nitrogens is 1. The minimum atomic E-state index is -0.523. The van der Waals surface area contributed by atoms with E-state index in [1.54, 1.807) is 0 Å². The van der Waals surface area contributed by atoms with Gasteiger partial charge in [-0.05, 0) is 28.1 Å². The highest BCUT2D eigenvalue weighted by Gasteiger charge is 2.16. The molecule has 8 heteroatoms. The van der Waals surface area contributed by atoms with Crippen LogP contribution in [0.25, 0.3) is 0 Å². The highest BCUT2D eigenvalue weighted by Crippen LogP contribution is 2.31. The minimum absolute atomic E-state index is 0.00383. The number of anilines is 1. The molecule has 5 nitrogen and oxygen atoms in total. The molecule has 0 atom stereocenters. The van der Waals surface area contributed by atoms with Gasteiger partial charge in [0.25, 0.3) is 5.91 Å². The summed E-state index contributed by atoms with van der Waals surface area (Å²) in [5, 5.41) is 9.03. The Morgan fingerprint density at radius 3 is 2.89 bits per heavy atom. The van der Waals surface area contributed by atoms with Crippen molar-refractivity contribution >= 4 is 39.1 Å². The van der Waals surface area contributed by atoms with Crippen molar-refractivity contribution < 1.29 is 9.18 Å². The average Bonchev–Trinajstić information content (AvgIpc) is 2.82. The first-order valence-corrected chi connectivity index (χ1v) is 6.55. The van der Waals surface area contributed by atoms with E-state index in [2.05, 4.69) is 36.4 Å². The molecule has 0 fully saturated rings. The average molecular weight is 348 g/mol. The first-order chi connectivity index (χ1) is 9.01. The van der Waals surface area contributed by atoms with Gasteiger partial charge in [-0.25, -0.2) is 9.37 Å². The molecule has 2 rings (SSSR count). The Morgan fingerprint density at radius 1 is 1.58 bits per heavy atom. The van der Waals surface area contributed by atoms with Crippen LogP contribution >= 0.6 is 27.5 Å². The summed E-state index contributed by atoms with van der Waals surface area (Å²) < 4.78 is 13.4. The van der Waals surface area contributed by atoms with Crippen LogP contribution in [0.1, 0.15) is 23.4 Å². The van der Waals surface area contributed by atoms with Gasteiger partial charge < -0.3 is 5.32 Å². The molecule has 0 saturated heterocycles. The third kappa shape index (κ3) is 3.10. The number of nitrogens with zero attached hydrogens (tertiary/aromatic N) is 2.